The van der Waals surface area contributed by atoms with E-state index in [1.165, 1.54) is 0 Å². The van der Waals surface area contributed by atoms with Gasteiger partial charge in [-0.1, -0.05) is 20.8 Å². The average molecular weight is 344 g/mol. The summed E-state index contributed by atoms with van der Waals surface area (Å²) >= 11 is 1.60. The van der Waals surface area contributed by atoms with Crippen molar-refractivity contribution in [3.8, 4) is 0 Å². The molecular formula is C17H20N4O2S. The van der Waals surface area contributed by atoms with Gasteiger partial charge in [-0.25, -0.2) is 0 Å². The number of anilines is 1. The molecule has 1 aliphatic rings. The van der Waals surface area contributed by atoms with Gasteiger partial charge in [0.05, 0.1) is 17.1 Å². The van der Waals surface area contributed by atoms with Crippen molar-refractivity contribution in [2.24, 2.45) is 5.41 Å². The number of nitrogens with one attached hydrogen (secondary N) is 1. The number of aromatic nitrogens is 2. The van der Waals surface area contributed by atoms with E-state index in [0.717, 1.165) is 10.9 Å². The molecule has 0 saturated carbocycles. The number of hydrogen-bond acceptors (Lipinski definition) is 5. The van der Waals surface area contributed by atoms with E-state index in [1.807, 2.05) is 20.8 Å². The zero-order valence-corrected chi connectivity index (χ0v) is 14.8. The van der Waals surface area contributed by atoms with Gasteiger partial charge < -0.3 is 10.2 Å². The number of pyridine rings is 2. The monoisotopic (exact) mass is 344 g/mol. The zero-order valence-electron chi connectivity index (χ0n) is 13.9. The van der Waals surface area contributed by atoms with Gasteiger partial charge in [-0.15, -0.1) is 11.8 Å². The molecule has 3 heterocycles. The van der Waals surface area contributed by atoms with Crippen LogP contribution in [0.2, 0.25) is 0 Å². The average Bonchev–Trinajstić information content (AvgIpc) is 3.03. The fourth-order valence-electron chi connectivity index (χ4n) is 2.60. The molecule has 24 heavy (non-hydrogen) atoms. The third kappa shape index (κ3) is 3.21. The number of carbonyl (C=O) groups is 2. The number of carbonyl (C=O) groups excluding carboxylic acids is 2. The van der Waals surface area contributed by atoms with E-state index in [4.69, 9.17) is 0 Å². The first-order valence-corrected chi connectivity index (χ1v) is 8.92. The summed E-state index contributed by atoms with van der Waals surface area (Å²) in [6, 6.07) is 3.09. The zero-order chi connectivity index (χ0) is 17.3. The van der Waals surface area contributed by atoms with Gasteiger partial charge in [-0.05, 0) is 12.1 Å². The summed E-state index contributed by atoms with van der Waals surface area (Å²) in [5.41, 5.74) is 0.931. The van der Waals surface area contributed by atoms with Crippen LogP contribution in [0.1, 0.15) is 20.8 Å². The summed E-state index contributed by atoms with van der Waals surface area (Å²) in [5, 5.41) is 3.72. The number of fused-ring (bicyclic) bond motifs is 1. The van der Waals surface area contributed by atoms with Gasteiger partial charge in [-0.3, -0.25) is 19.6 Å². The van der Waals surface area contributed by atoms with Crippen LogP contribution in [0, 0.1) is 5.41 Å². The molecule has 1 unspecified atom stereocenters. The molecule has 7 heteroatoms. The molecule has 0 radical (unpaired) electrons. The summed E-state index contributed by atoms with van der Waals surface area (Å²) in [7, 11) is 0. The van der Waals surface area contributed by atoms with Gasteiger partial charge in [0.2, 0.25) is 11.8 Å². The van der Waals surface area contributed by atoms with E-state index in [0.29, 0.717) is 17.3 Å². The Bertz CT molecular complexity index is 782. The van der Waals surface area contributed by atoms with Crippen LogP contribution >= 0.6 is 11.8 Å². The molecule has 2 aromatic rings. The summed E-state index contributed by atoms with van der Waals surface area (Å²) in [6.45, 7) is 5.61. The van der Waals surface area contributed by atoms with Crippen molar-refractivity contribution >= 4 is 40.2 Å². The molecular weight excluding hydrogens is 324 g/mol. The van der Waals surface area contributed by atoms with Gasteiger partial charge in [0.15, 0.2) is 0 Å². The minimum absolute atomic E-state index is 0.00565. The van der Waals surface area contributed by atoms with Crippen molar-refractivity contribution in [3.05, 3.63) is 30.7 Å². The Morgan fingerprint density at radius 2 is 2.08 bits per heavy atom. The first-order valence-electron chi connectivity index (χ1n) is 7.76. The van der Waals surface area contributed by atoms with Crippen molar-refractivity contribution in [2.45, 2.75) is 26.8 Å². The van der Waals surface area contributed by atoms with E-state index in [2.05, 4.69) is 15.3 Å². The third-order valence-corrected chi connectivity index (χ3v) is 4.90. The molecule has 1 N–H and O–H groups in total. The van der Waals surface area contributed by atoms with Crippen LogP contribution in [0.5, 0.6) is 0 Å². The Morgan fingerprint density at radius 3 is 2.83 bits per heavy atom. The van der Waals surface area contributed by atoms with Crippen molar-refractivity contribution in [1.29, 1.82) is 0 Å². The Hall–Kier alpha value is -2.15. The summed E-state index contributed by atoms with van der Waals surface area (Å²) in [6.07, 6.45) is 5.00. The molecule has 0 spiro atoms. The van der Waals surface area contributed by atoms with Crippen molar-refractivity contribution in [3.63, 3.8) is 0 Å². The van der Waals surface area contributed by atoms with E-state index < -0.39 is 11.5 Å². The maximum Gasteiger partial charge on any atom is 0.248 e. The Kier molecular flexibility index (Phi) is 4.45. The molecule has 2 aromatic heterocycles. The molecule has 6 nitrogen and oxygen atoms in total. The summed E-state index contributed by atoms with van der Waals surface area (Å²) in [5.74, 6) is 0.977. The highest BCUT2D eigenvalue weighted by Gasteiger charge is 2.39. The van der Waals surface area contributed by atoms with Crippen LogP contribution in [-0.4, -0.2) is 44.4 Å². The van der Waals surface area contributed by atoms with E-state index in [1.54, 1.807) is 47.4 Å². The number of nitrogens with zero attached hydrogens (tertiary/aromatic N) is 3. The summed E-state index contributed by atoms with van der Waals surface area (Å²) < 4.78 is 0. The van der Waals surface area contributed by atoms with Gasteiger partial charge in [0, 0.05) is 35.1 Å². The SMILES string of the molecule is CC(C)(C)C(=O)N1CSCC1C(=O)Nc1ccnc2ccncc12. The first-order chi connectivity index (χ1) is 11.4. The van der Waals surface area contributed by atoms with Crippen LogP contribution in [0.3, 0.4) is 0 Å². The highest BCUT2D eigenvalue weighted by Crippen LogP contribution is 2.29. The standard InChI is InChI=1S/C17H20N4O2S/c1-17(2,3)16(23)21-10-24-9-14(21)15(22)20-13-5-7-19-12-4-6-18-8-11(12)13/h4-8,14H,9-10H2,1-3H3,(H,19,20,22). The lowest BCUT2D eigenvalue weighted by Gasteiger charge is -2.29. The molecule has 1 atom stereocenters. The first kappa shape index (κ1) is 16.7. The molecule has 1 saturated heterocycles. The number of thioether (sulfide) groups is 1. The topological polar surface area (TPSA) is 75.2 Å². The van der Waals surface area contributed by atoms with Gasteiger partial charge >= 0.3 is 0 Å². The van der Waals surface area contributed by atoms with Crippen LogP contribution < -0.4 is 5.32 Å². The van der Waals surface area contributed by atoms with Crippen LogP contribution in [-0.2, 0) is 9.59 Å². The molecule has 0 aromatic carbocycles. The minimum Gasteiger partial charge on any atom is -0.324 e. The molecule has 3 rings (SSSR count). The predicted molar refractivity (Wildman–Crippen MR) is 95.6 cm³/mol. The number of hydrogen-bond donors (Lipinski definition) is 1. The van der Waals surface area contributed by atoms with Crippen molar-refractivity contribution in [2.75, 3.05) is 16.9 Å². The Labute approximate surface area is 145 Å². The second kappa shape index (κ2) is 6.39. The lowest BCUT2D eigenvalue weighted by molar-refractivity contribution is -0.143. The maximum atomic E-state index is 12.7. The molecule has 0 aliphatic carbocycles. The fraction of sp³-hybridized carbons (Fsp3) is 0.412. The van der Waals surface area contributed by atoms with E-state index in [-0.39, 0.29) is 11.8 Å². The van der Waals surface area contributed by atoms with E-state index in [9.17, 15) is 9.59 Å². The number of amides is 2. The van der Waals surface area contributed by atoms with Crippen molar-refractivity contribution in [1.82, 2.24) is 14.9 Å². The smallest absolute Gasteiger partial charge is 0.248 e. The predicted octanol–water partition coefficient (Wildman–Crippen LogP) is 2.52. The molecule has 1 aliphatic heterocycles. The molecule has 2 amide bonds. The normalized spacial score (nSPS) is 18.0. The van der Waals surface area contributed by atoms with Crippen molar-refractivity contribution < 1.29 is 9.59 Å². The highest BCUT2D eigenvalue weighted by molar-refractivity contribution is 7.99. The Morgan fingerprint density at radius 1 is 1.29 bits per heavy atom. The lowest BCUT2D eigenvalue weighted by Crippen LogP contribution is -2.48. The maximum absolute atomic E-state index is 12.7. The van der Waals surface area contributed by atoms with Crippen LogP contribution in [0.25, 0.3) is 10.9 Å². The number of rotatable bonds is 2. The quantitative estimate of drug-likeness (QED) is 0.906. The Balaban J connectivity index is 1.82. The minimum atomic E-state index is -0.503. The second-order valence-electron chi connectivity index (χ2n) is 6.78. The van der Waals surface area contributed by atoms with Gasteiger partial charge in [-0.2, -0.15) is 0 Å². The largest absolute Gasteiger partial charge is 0.324 e. The molecule has 126 valence electrons. The van der Waals surface area contributed by atoms with Gasteiger partial charge in [0.1, 0.15) is 6.04 Å². The second-order valence-corrected chi connectivity index (χ2v) is 7.78. The lowest BCUT2D eigenvalue weighted by atomic mass is 9.94. The molecule has 0 bridgehead atoms. The van der Waals surface area contributed by atoms with Crippen LogP contribution in [0.15, 0.2) is 30.7 Å². The van der Waals surface area contributed by atoms with Gasteiger partial charge in [0.25, 0.3) is 0 Å². The summed E-state index contributed by atoms with van der Waals surface area (Å²) in [4.78, 5) is 35.3. The molecule has 1 fully saturated rings. The van der Waals surface area contributed by atoms with E-state index >= 15 is 0 Å². The highest BCUT2D eigenvalue weighted by atomic mass is 32.2. The fourth-order valence-corrected chi connectivity index (χ4v) is 3.76. The third-order valence-electron chi connectivity index (χ3n) is 3.89. The van der Waals surface area contributed by atoms with Crippen LogP contribution in [0.4, 0.5) is 5.69 Å².